The van der Waals surface area contributed by atoms with E-state index in [1.807, 2.05) is 17.5 Å². The van der Waals surface area contributed by atoms with Gasteiger partial charge in [0.15, 0.2) is 5.78 Å². The number of thiophene rings is 1. The second-order valence-electron chi connectivity index (χ2n) is 3.33. The average Bonchev–Trinajstić information content (AvgIpc) is 2.87. The Morgan fingerprint density at radius 3 is 3.29 bits per heavy atom. The third-order valence-electron chi connectivity index (χ3n) is 2.26. The summed E-state index contributed by atoms with van der Waals surface area (Å²) in [6.45, 7) is 2.09. The van der Waals surface area contributed by atoms with Gasteiger partial charge in [0.2, 0.25) is 0 Å². The summed E-state index contributed by atoms with van der Waals surface area (Å²) in [6.07, 6.45) is 1.23. The van der Waals surface area contributed by atoms with Gasteiger partial charge in [0.25, 0.3) is 0 Å². The lowest BCUT2D eigenvalue weighted by molar-refractivity contribution is 0.0533. The molecule has 4 heteroatoms. The summed E-state index contributed by atoms with van der Waals surface area (Å²) in [7, 11) is 0. The van der Waals surface area contributed by atoms with Crippen molar-refractivity contribution in [1.82, 2.24) is 5.32 Å². The molecule has 0 unspecified atom stereocenters. The van der Waals surface area contributed by atoms with Crippen LogP contribution in [0.5, 0.6) is 0 Å². The van der Waals surface area contributed by atoms with E-state index in [0.29, 0.717) is 0 Å². The van der Waals surface area contributed by atoms with E-state index in [1.54, 1.807) is 0 Å². The van der Waals surface area contributed by atoms with Crippen LogP contribution in [0.4, 0.5) is 0 Å². The molecule has 1 atom stereocenters. The van der Waals surface area contributed by atoms with Crippen LogP contribution >= 0.6 is 11.3 Å². The Labute approximate surface area is 87.1 Å². The topological polar surface area (TPSA) is 38.3 Å². The maximum Gasteiger partial charge on any atom is 0.198 e. The molecule has 14 heavy (non-hydrogen) atoms. The largest absolute Gasteiger partial charge is 0.369 e. The van der Waals surface area contributed by atoms with Gasteiger partial charge in [0, 0.05) is 6.54 Å². The van der Waals surface area contributed by atoms with Crippen molar-refractivity contribution in [3.63, 3.8) is 0 Å². The molecule has 1 aromatic rings. The number of nitrogens with one attached hydrogen (secondary N) is 1. The SMILES string of the molecule is O=C(CO[C@@H]1CCNC1)c1cccs1. The average molecular weight is 211 g/mol. The standard InChI is InChI=1S/C10H13NO2S/c12-9(10-2-1-5-14-10)7-13-8-3-4-11-6-8/h1-2,5,8,11H,3-4,6-7H2/t8-/m1/s1. The predicted molar refractivity (Wildman–Crippen MR) is 55.9 cm³/mol. The van der Waals surface area contributed by atoms with Crippen LogP contribution in [0.2, 0.25) is 0 Å². The third kappa shape index (κ3) is 2.41. The smallest absolute Gasteiger partial charge is 0.198 e. The number of rotatable bonds is 4. The summed E-state index contributed by atoms with van der Waals surface area (Å²) in [5, 5.41) is 5.10. The molecule has 3 nitrogen and oxygen atoms in total. The van der Waals surface area contributed by atoms with Crippen molar-refractivity contribution >= 4 is 17.1 Å². The van der Waals surface area contributed by atoms with E-state index < -0.39 is 0 Å². The Hall–Kier alpha value is -0.710. The van der Waals surface area contributed by atoms with Gasteiger partial charge in [-0.15, -0.1) is 11.3 Å². The van der Waals surface area contributed by atoms with Crippen molar-refractivity contribution in [2.24, 2.45) is 0 Å². The highest BCUT2D eigenvalue weighted by molar-refractivity contribution is 7.12. The van der Waals surface area contributed by atoms with E-state index in [9.17, 15) is 4.79 Å². The lowest BCUT2D eigenvalue weighted by Gasteiger charge is -2.08. The van der Waals surface area contributed by atoms with Gasteiger partial charge in [0.1, 0.15) is 6.61 Å². The Morgan fingerprint density at radius 1 is 1.71 bits per heavy atom. The minimum atomic E-state index is 0.0897. The van der Waals surface area contributed by atoms with E-state index >= 15 is 0 Å². The van der Waals surface area contributed by atoms with Gasteiger partial charge in [-0.05, 0) is 24.4 Å². The van der Waals surface area contributed by atoms with Crippen LogP contribution in [-0.2, 0) is 4.74 Å². The van der Waals surface area contributed by atoms with E-state index in [2.05, 4.69) is 5.32 Å². The summed E-state index contributed by atoms with van der Waals surface area (Å²) >= 11 is 1.47. The van der Waals surface area contributed by atoms with Gasteiger partial charge >= 0.3 is 0 Å². The zero-order valence-corrected chi connectivity index (χ0v) is 8.68. The number of Topliss-reactive ketones (excluding diaryl/α,β-unsaturated/α-hetero) is 1. The molecule has 0 spiro atoms. The summed E-state index contributed by atoms with van der Waals surface area (Å²) in [5.41, 5.74) is 0. The van der Waals surface area contributed by atoms with Crippen molar-refractivity contribution in [2.45, 2.75) is 12.5 Å². The maximum absolute atomic E-state index is 11.5. The highest BCUT2D eigenvalue weighted by Gasteiger charge is 2.16. The first-order valence-corrected chi connectivity index (χ1v) is 5.63. The fourth-order valence-electron chi connectivity index (χ4n) is 1.47. The van der Waals surface area contributed by atoms with Crippen LogP contribution in [0.3, 0.4) is 0 Å². The zero-order chi connectivity index (χ0) is 9.80. The van der Waals surface area contributed by atoms with Crippen molar-refractivity contribution < 1.29 is 9.53 Å². The molecule has 76 valence electrons. The maximum atomic E-state index is 11.5. The zero-order valence-electron chi connectivity index (χ0n) is 7.86. The van der Waals surface area contributed by atoms with Crippen LogP contribution < -0.4 is 5.32 Å². The number of ether oxygens (including phenoxy) is 1. The molecule has 1 aliphatic rings. The molecule has 0 aliphatic carbocycles. The van der Waals surface area contributed by atoms with Crippen LogP contribution in [-0.4, -0.2) is 31.6 Å². The summed E-state index contributed by atoms with van der Waals surface area (Å²) in [5.74, 6) is 0.0897. The van der Waals surface area contributed by atoms with E-state index in [4.69, 9.17) is 4.74 Å². The molecule has 0 radical (unpaired) electrons. The molecule has 2 heterocycles. The summed E-state index contributed by atoms with van der Waals surface area (Å²) in [6, 6.07) is 3.72. The quantitative estimate of drug-likeness (QED) is 0.763. The molecule has 1 N–H and O–H groups in total. The highest BCUT2D eigenvalue weighted by atomic mass is 32.1. The van der Waals surface area contributed by atoms with Crippen molar-refractivity contribution in [3.05, 3.63) is 22.4 Å². The van der Waals surface area contributed by atoms with Crippen LogP contribution in [0.1, 0.15) is 16.1 Å². The second kappa shape index (κ2) is 4.68. The van der Waals surface area contributed by atoms with Crippen LogP contribution in [0.15, 0.2) is 17.5 Å². The van der Waals surface area contributed by atoms with Gasteiger partial charge in [-0.1, -0.05) is 6.07 Å². The summed E-state index contributed by atoms with van der Waals surface area (Å²) in [4.78, 5) is 12.3. The molecule has 0 saturated carbocycles. The second-order valence-corrected chi connectivity index (χ2v) is 4.27. The first kappa shape index (κ1) is 9.83. The normalized spacial score (nSPS) is 21.3. The van der Waals surface area contributed by atoms with E-state index in [0.717, 1.165) is 24.4 Å². The lowest BCUT2D eigenvalue weighted by atomic mass is 10.3. The number of hydrogen-bond donors (Lipinski definition) is 1. The number of carbonyl (C=O) groups is 1. The highest BCUT2D eigenvalue weighted by Crippen LogP contribution is 2.10. The first-order valence-electron chi connectivity index (χ1n) is 4.75. The molecule has 1 fully saturated rings. The molecule has 0 bridgehead atoms. The first-order chi connectivity index (χ1) is 6.86. The Kier molecular flexibility index (Phi) is 3.29. The van der Waals surface area contributed by atoms with Gasteiger partial charge in [-0.3, -0.25) is 4.79 Å². The fraction of sp³-hybridized carbons (Fsp3) is 0.500. The molecule has 1 aliphatic heterocycles. The molecule has 2 rings (SSSR count). The summed E-state index contributed by atoms with van der Waals surface area (Å²) < 4.78 is 5.48. The van der Waals surface area contributed by atoms with Gasteiger partial charge in [-0.2, -0.15) is 0 Å². The van der Waals surface area contributed by atoms with Crippen molar-refractivity contribution in [2.75, 3.05) is 19.7 Å². The monoisotopic (exact) mass is 211 g/mol. The molecule has 1 aromatic heterocycles. The molecular weight excluding hydrogens is 198 g/mol. The lowest BCUT2D eigenvalue weighted by Crippen LogP contribution is -2.20. The molecule has 0 amide bonds. The number of carbonyl (C=O) groups excluding carboxylic acids is 1. The predicted octanol–water partition coefficient (Wildman–Crippen LogP) is 1.31. The van der Waals surface area contributed by atoms with Crippen LogP contribution in [0.25, 0.3) is 0 Å². The molecule has 1 saturated heterocycles. The third-order valence-corrected chi connectivity index (χ3v) is 3.17. The Bertz CT molecular complexity index is 291. The fourth-order valence-corrected chi connectivity index (χ4v) is 2.12. The van der Waals surface area contributed by atoms with Gasteiger partial charge in [-0.25, -0.2) is 0 Å². The van der Waals surface area contributed by atoms with Crippen molar-refractivity contribution in [3.8, 4) is 0 Å². The Morgan fingerprint density at radius 2 is 2.64 bits per heavy atom. The van der Waals surface area contributed by atoms with Gasteiger partial charge in [0.05, 0.1) is 11.0 Å². The minimum Gasteiger partial charge on any atom is -0.369 e. The van der Waals surface area contributed by atoms with E-state index in [-0.39, 0.29) is 18.5 Å². The number of ketones is 1. The molecule has 0 aromatic carbocycles. The molecular formula is C10H13NO2S. The van der Waals surface area contributed by atoms with Crippen LogP contribution in [0, 0.1) is 0 Å². The number of hydrogen-bond acceptors (Lipinski definition) is 4. The minimum absolute atomic E-state index is 0.0897. The van der Waals surface area contributed by atoms with Crippen molar-refractivity contribution in [1.29, 1.82) is 0 Å². The van der Waals surface area contributed by atoms with E-state index in [1.165, 1.54) is 11.3 Å². The Balaban J connectivity index is 1.78. The van der Waals surface area contributed by atoms with Gasteiger partial charge < -0.3 is 10.1 Å².